The molecule has 3 nitrogen and oxygen atoms in total. The molecule has 1 unspecified atom stereocenters. The second kappa shape index (κ2) is 5.85. The fourth-order valence-corrected chi connectivity index (χ4v) is 3.00. The zero-order chi connectivity index (χ0) is 15.0. The molecule has 1 amide bonds. The molecule has 0 aromatic heterocycles. The minimum Gasteiger partial charge on any atom is -0.377 e. The van der Waals surface area contributed by atoms with Crippen LogP contribution in [0.2, 0.25) is 5.02 Å². The van der Waals surface area contributed by atoms with Crippen LogP contribution in [0.5, 0.6) is 0 Å². The lowest BCUT2D eigenvalue weighted by atomic mass is 10.1. The highest BCUT2D eigenvalue weighted by atomic mass is 127. The number of rotatable bonds is 3. The molecule has 0 bridgehead atoms. The quantitative estimate of drug-likeness (QED) is 0.723. The lowest BCUT2D eigenvalue weighted by Gasteiger charge is -2.18. The first-order valence-electron chi connectivity index (χ1n) is 6.67. The van der Waals surface area contributed by atoms with Gasteiger partial charge in [0.2, 0.25) is 5.91 Å². The Morgan fingerprint density at radius 3 is 2.71 bits per heavy atom. The van der Waals surface area contributed by atoms with Crippen LogP contribution in [0.4, 0.5) is 11.4 Å². The summed E-state index contributed by atoms with van der Waals surface area (Å²) in [6.07, 6.45) is 0.416. The predicted octanol–water partition coefficient (Wildman–Crippen LogP) is 4.61. The van der Waals surface area contributed by atoms with Crippen LogP contribution in [0.25, 0.3) is 0 Å². The first kappa shape index (κ1) is 14.7. The number of benzene rings is 2. The Morgan fingerprint density at radius 1 is 1.29 bits per heavy atom. The van der Waals surface area contributed by atoms with Crippen LogP contribution < -0.4 is 10.6 Å². The van der Waals surface area contributed by atoms with Crippen LogP contribution in [0, 0.1) is 3.57 Å². The topological polar surface area (TPSA) is 41.1 Å². The molecule has 5 heteroatoms. The largest absolute Gasteiger partial charge is 0.377 e. The lowest BCUT2D eigenvalue weighted by Crippen LogP contribution is -2.07. The fraction of sp³-hybridized carbons (Fsp3) is 0.188. The summed E-state index contributed by atoms with van der Waals surface area (Å²) in [4.78, 5) is 11.4. The zero-order valence-electron chi connectivity index (χ0n) is 11.4. The van der Waals surface area contributed by atoms with Crippen LogP contribution >= 0.6 is 34.2 Å². The van der Waals surface area contributed by atoms with Gasteiger partial charge >= 0.3 is 0 Å². The Bertz CT molecular complexity index is 700. The molecular weight excluding hydrogens is 399 g/mol. The SMILES string of the molecule is CC(Nc1cc2c(cc1Cl)NC(=O)C2)c1ccc(I)cc1. The molecule has 2 aromatic rings. The van der Waals surface area contributed by atoms with Gasteiger partial charge in [0.1, 0.15) is 0 Å². The molecule has 21 heavy (non-hydrogen) atoms. The number of halogens is 2. The highest BCUT2D eigenvalue weighted by Gasteiger charge is 2.20. The zero-order valence-corrected chi connectivity index (χ0v) is 14.3. The summed E-state index contributed by atoms with van der Waals surface area (Å²) in [5, 5.41) is 6.84. The van der Waals surface area contributed by atoms with Crippen molar-refractivity contribution < 1.29 is 4.79 Å². The van der Waals surface area contributed by atoms with Gasteiger partial charge in [0.05, 0.1) is 17.1 Å². The number of amides is 1. The number of fused-ring (bicyclic) bond motifs is 1. The Morgan fingerprint density at radius 2 is 2.00 bits per heavy atom. The van der Waals surface area contributed by atoms with Crippen LogP contribution in [-0.4, -0.2) is 5.91 Å². The first-order chi connectivity index (χ1) is 10.0. The van der Waals surface area contributed by atoms with E-state index in [9.17, 15) is 4.79 Å². The third-order valence-electron chi connectivity index (χ3n) is 3.56. The van der Waals surface area contributed by atoms with Crippen LogP contribution in [0.15, 0.2) is 36.4 Å². The highest BCUT2D eigenvalue weighted by Crippen LogP contribution is 2.34. The summed E-state index contributed by atoms with van der Waals surface area (Å²) in [6.45, 7) is 2.09. The van der Waals surface area contributed by atoms with E-state index in [0.29, 0.717) is 11.4 Å². The molecule has 0 spiro atoms. The smallest absolute Gasteiger partial charge is 0.228 e. The van der Waals surface area contributed by atoms with Crippen molar-refractivity contribution in [1.82, 2.24) is 0 Å². The number of nitrogens with one attached hydrogen (secondary N) is 2. The van der Waals surface area contributed by atoms with Gasteiger partial charge in [-0.15, -0.1) is 0 Å². The Kier molecular flexibility index (Phi) is 4.08. The number of carbonyl (C=O) groups excluding carboxylic acids is 1. The Labute approximate surface area is 142 Å². The average molecular weight is 413 g/mol. The summed E-state index contributed by atoms with van der Waals surface area (Å²) < 4.78 is 1.21. The lowest BCUT2D eigenvalue weighted by molar-refractivity contribution is -0.115. The maximum absolute atomic E-state index is 11.4. The van der Waals surface area contributed by atoms with Gasteiger partial charge in [-0.1, -0.05) is 23.7 Å². The van der Waals surface area contributed by atoms with Gasteiger partial charge in [0.15, 0.2) is 0 Å². The third-order valence-corrected chi connectivity index (χ3v) is 4.59. The molecule has 1 aliphatic rings. The van der Waals surface area contributed by atoms with E-state index in [1.165, 1.54) is 9.13 Å². The van der Waals surface area contributed by atoms with E-state index in [2.05, 4.69) is 64.4 Å². The van der Waals surface area contributed by atoms with E-state index >= 15 is 0 Å². The number of hydrogen-bond acceptors (Lipinski definition) is 2. The standard InChI is InChI=1S/C16H14ClIN2O/c1-9(10-2-4-12(18)5-3-10)19-15-6-11-7-16(21)20-14(11)8-13(15)17/h2-6,8-9,19H,7H2,1H3,(H,20,21). The summed E-state index contributed by atoms with van der Waals surface area (Å²) in [5.41, 5.74) is 3.86. The van der Waals surface area contributed by atoms with E-state index in [1.807, 2.05) is 12.1 Å². The van der Waals surface area contributed by atoms with Crippen LogP contribution in [0.1, 0.15) is 24.1 Å². The summed E-state index contributed by atoms with van der Waals surface area (Å²) in [5.74, 6) is 0.0175. The monoisotopic (exact) mass is 412 g/mol. The molecule has 108 valence electrons. The van der Waals surface area contributed by atoms with E-state index in [1.54, 1.807) is 0 Å². The van der Waals surface area contributed by atoms with Crippen molar-refractivity contribution in [3.05, 3.63) is 56.1 Å². The minimum absolute atomic E-state index is 0.0175. The number of anilines is 2. The van der Waals surface area contributed by atoms with Crippen LogP contribution in [0.3, 0.4) is 0 Å². The second-order valence-corrected chi connectivity index (χ2v) is 6.78. The molecule has 0 aliphatic carbocycles. The third kappa shape index (κ3) is 3.16. The molecule has 1 aliphatic heterocycles. The maximum atomic E-state index is 11.4. The fourth-order valence-electron chi connectivity index (χ4n) is 2.43. The molecule has 1 heterocycles. The van der Waals surface area contributed by atoms with E-state index in [0.717, 1.165) is 16.9 Å². The predicted molar refractivity (Wildman–Crippen MR) is 95.0 cm³/mol. The molecule has 3 rings (SSSR count). The van der Waals surface area contributed by atoms with Crippen molar-refractivity contribution in [3.63, 3.8) is 0 Å². The summed E-state index contributed by atoms with van der Waals surface area (Å²) in [6, 6.07) is 12.3. The number of carbonyl (C=O) groups is 1. The van der Waals surface area contributed by atoms with Crippen molar-refractivity contribution in [1.29, 1.82) is 0 Å². The normalized spacial score (nSPS) is 14.5. The van der Waals surface area contributed by atoms with Crippen molar-refractivity contribution in [3.8, 4) is 0 Å². The molecule has 0 saturated heterocycles. The van der Waals surface area contributed by atoms with Gasteiger partial charge in [-0.05, 0) is 64.9 Å². The summed E-state index contributed by atoms with van der Waals surface area (Å²) >= 11 is 8.59. The molecule has 1 atom stereocenters. The molecule has 0 saturated carbocycles. The van der Waals surface area contributed by atoms with Gasteiger partial charge in [0, 0.05) is 15.3 Å². The van der Waals surface area contributed by atoms with Gasteiger partial charge < -0.3 is 10.6 Å². The van der Waals surface area contributed by atoms with E-state index in [-0.39, 0.29) is 11.9 Å². The number of hydrogen-bond donors (Lipinski definition) is 2. The molecule has 2 aromatic carbocycles. The van der Waals surface area contributed by atoms with Crippen molar-refractivity contribution >= 4 is 51.5 Å². The molecule has 0 fully saturated rings. The van der Waals surface area contributed by atoms with Crippen molar-refractivity contribution in [2.75, 3.05) is 10.6 Å². The second-order valence-electron chi connectivity index (χ2n) is 5.13. The van der Waals surface area contributed by atoms with E-state index in [4.69, 9.17) is 11.6 Å². The molecular formula is C16H14ClIN2O. The van der Waals surface area contributed by atoms with Gasteiger partial charge in [0.25, 0.3) is 0 Å². The van der Waals surface area contributed by atoms with Gasteiger partial charge in [-0.25, -0.2) is 0 Å². The summed E-state index contributed by atoms with van der Waals surface area (Å²) in [7, 11) is 0. The maximum Gasteiger partial charge on any atom is 0.228 e. The molecule has 0 radical (unpaired) electrons. The highest BCUT2D eigenvalue weighted by molar-refractivity contribution is 14.1. The average Bonchev–Trinajstić information content (AvgIpc) is 2.79. The van der Waals surface area contributed by atoms with Crippen LogP contribution in [-0.2, 0) is 11.2 Å². The van der Waals surface area contributed by atoms with Gasteiger partial charge in [-0.2, -0.15) is 0 Å². The van der Waals surface area contributed by atoms with Crippen molar-refractivity contribution in [2.45, 2.75) is 19.4 Å². The Balaban J connectivity index is 1.83. The molecule has 2 N–H and O–H groups in total. The van der Waals surface area contributed by atoms with Gasteiger partial charge in [-0.3, -0.25) is 4.79 Å². The first-order valence-corrected chi connectivity index (χ1v) is 8.13. The van der Waals surface area contributed by atoms with E-state index < -0.39 is 0 Å². The van der Waals surface area contributed by atoms with Crippen molar-refractivity contribution in [2.24, 2.45) is 0 Å². The minimum atomic E-state index is 0.0175. The Hall–Kier alpha value is -1.27.